The second-order valence-corrected chi connectivity index (χ2v) is 15.6. The molecular weight excluding hydrogens is 558 g/mol. The van der Waals surface area contributed by atoms with Crippen LogP contribution in [0.2, 0.25) is 6.25 Å². The Morgan fingerprint density at radius 2 is 0.968 bits per heavy atom. The molecule has 0 aromatic carbocycles. The predicted molar refractivity (Wildman–Crippen MR) is 94.0 cm³/mol. The molecule has 2 aliphatic carbocycles. The number of allylic oxidation sites excluding steroid dienone is 8. The van der Waals surface area contributed by atoms with Gasteiger partial charge in [0, 0.05) is 0 Å². The monoisotopic (exact) mass is 574 g/mol. The second kappa shape index (κ2) is 10.0. The van der Waals surface area contributed by atoms with E-state index in [0.29, 0.717) is 6.25 Å². The van der Waals surface area contributed by atoms with E-state index in [-0.39, 0.29) is 0 Å². The standard InChI is InChI=1S/2C7H9.2CHF3O3S.Zr/c2*1-6-3-4-7(2)5-6;2*2-1(3,4)8(5,6)7;/h2*3-5H,1-2H3;2*(H,5,6,7);/q;;;;+2/p-2. The van der Waals surface area contributed by atoms with Crippen molar-refractivity contribution in [2.75, 3.05) is 0 Å². The molecule has 2 unspecified atom stereocenters. The molecule has 0 saturated heterocycles. The molecule has 31 heavy (non-hydrogen) atoms. The summed E-state index contributed by atoms with van der Waals surface area (Å²) in [6.07, 6.45) is 14.3. The largest absolute Gasteiger partial charge is 0.741 e. The first-order valence-corrected chi connectivity index (χ1v) is 13.3. The van der Waals surface area contributed by atoms with E-state index in [9.17, 15) is 26.3 Å². The van der Waals surface area contributed by atoms with Crippen LogP contribution < -0.4 is 0 Å². The first-order chi connectivity index (χ1) is 13.4. The van der Waals surface area contributed by atoms with E-state index >= 15 is 0 Å². The van der Waals surface area contributed by atoms with Crippen molar-refractivity contribution in [3.8, 4) is 0 Å². The summed E-state index contributed by atoms with van der Waals surface area (Å²) in [6.45, 7) is 9.20. The second-order valence-electron chi connectivity index (χ2n) is 6.93. The molecule has 2 atom stereocenters. The van der Waals surface area contributed by atoms with Crippen molar-refractivity contribution in [1.82, 2.24) is 0 Å². The molecule has 0 radical (unpaired) electrons. The zero-order valence-electron chi connectivity index (χ0n) is 16.5. The third-order valence-electron chi connectivity index (χ3n) is 3.55. The van der Waals surface area contributed by atoms with Crippen LogP contribution in [0.4, 0.5) is 26.3 Å². The van der Waals surface area contributed by atoms with Crippen molar-refractivity contribution >= 4 is 20.2 Å². The number of hydrogen-bond acceptors (Lipinski definition) is 6. The third kappa shape index (κ3) is 10.6. The molecule has 6 nitrogen and oxygen atoms in total. The molecule has 176 valence electrons. The van der Waals surface area contributed by atoms with Crippen LogP contribution in [0.5, 0.6) is 0 Å². The minimum Gasteiger partial charge on any atom is -0.741 e. The van der Waals surface area contributed by atoms with Crippen LogP contribution in [0, 0.1) is 0 Å². The summed E-state index contributed by atoms with van der Waals surface area (Å²) in [5, 5.41) is 0. The summed E-state index contributed by atoms with van der Waals surface area (Å²) in [5.41, 5.74) is -8.42. The Morgan fingerprint density at radius 1 is 0.742 bits per heavy atom. The van der Waals surface area contributed by atoms with Crippen molar-refractivity contribution < 1.29 is 75.5 Å². The van der Waals surface area contributed by atoms with Gasteiger partial charge in [0.1, 0.15) is 0 Å². The van der Waals surface area contributed by atoms with Gasteiger partial charge in [-0.15, -0.1) is 0 Å². The summed E-state index contributed by atoms with van der Waals surface area (Å²) < 4.78 is 119. The topological polar surface area (TPSA) is 114 Å². The maximum atomic E-state index is 10.7. The van der Waals surface area contributed by atoms with Gasteiger partial charge in [-0.2, -0.15) is 26.3 Å². The molecule has 0 fully saturated rings. The van der Waals surface area contributed by atoms with E-state index in [1.807, 2.05) is 0 Å². The van der Waals surface area contributed by atoms with Crippen molar-refractivity contribution in [1.29, 1.82) is 0 Å². The van der Waals surface area contributed by atoms with Crippen LogP contribution >= 0.6 is 0 Å². The summed E-state index contributed by atoms with van der Waals surface area (Å²) >= 11 is -0.529. The molecule has 15 heteroatoms. The number of alkyl halides is 6. The van der Waals surface area contributed by atoms with Gasteiger partial charge in [0.2, 0.25) is 0 Å². The summed E-state index contributed by atoms with van der Waals surface area (Å²) in [7, 11) is -12.2. The van der Waals surface area contributed by atoms with Crippen molar-refractivity contribution in [2.45, 2.75) is 45.0 Å². The Kier molecular flexibility index (Phi) is 9.78. The fourth-order valence-electron chi connectivity index (χ4n) is 2.48. The van der Waals surface area contributed by atoms with Gasteiger partial charge in [0.15, 0.2) is 20.2 Å². The molecule has 0 N–H and O–H groups in total. The van der Waals surface area contributed by atoms with E-state index in [4.69, 9.17) is 25.9 Å². The average molecular weight is 576 g/mol. The fraction of sp³-hybridized carbons (Fsp3) is 0.500. The van der Waals surface area contributed by atoms with Gasteiger partial charge in [-0.05, 0) is 0 Å². The number of hydrogen-bond donors (Lipinski definition) is 0. The van der Waals surface area contributed by atoms with E-state index in [1.165, 1.54) is 11.1 Å². The Labute approximate surface area is 187 Å². The molecule has 0 heterocycles. The molecule has 0 bridgehead atoms. The van der Waals surface area contributed by atoms with Crippen LogP contribution in [0.1, 0.15) is 27.7 Å². The van der Waals surface area contributed by atoms with Gasteiger partial charge < -0.3 is 9.11 Å². The maximum absolute atomic E-state index is 10.7. The first-order valence-electron chi connectivity index (χ1n) is 8.02. The Hall–Kier alpha value is -0.757. The molecule has 2 rings (SSSR count). The maximum Gasteiger partial charge on any atom is 0.485 e. The van der Waals surface area contributed by atoms with Crippen molar-refractivity contribution in [3.05, 3.63) is 47.6 Å². The number of rotatable bonds is 2. The summed E-state index contributed by atoms with van der Waals surface area (Å²) in [5.74, 6) is 0. The van der Waals surface area contributed by atoms with E-state index < -0.39 is 54.5 Å². The van der Waals surface area contributed by atoms with Gasteiger partial charge >= 0.3 is 116 Å². The molecule has 0 aromatic rings. The minimum atomic E-state index is -6.09. The SMILES string of the molecule is CC1=C[C](C)([Zr+2][C]2(C)C=CC(C)=C2)C=C1.O=S(=O)([O-])C(F)(F)F.O=S(=O)([O-])C(F)(F)F. The van der Waals surface area contributed by atoms with E-state index in [2.05, 4.69) is 64.2 Å². The smallest absolute Gasteiger partial charge is 0.485 e. The zero-order chi connectivity index (χ0) is 25.1. The van der Waals surface area contributed by atoms with Crippen LogP contribution in [0.3, 0.4) is 0 Å². The molecule has 0 spiro atoms. The van der Waals surface area contributed by atoms with Crippen LogP contribution in [0.25, 0.3) is 0 Å². The predicted octanol–water partition coefficient (Wildman–Crippen LogP) is 4.56. The van der Waals surface area contributed by atoms with Gasteiger partial charge in [-0.1, -0.05) is 0 Å². The summed E-state index contributed by atoms with van der Waals surface area (Å²) in [6, 6.07) is 0. The third-order valence-corrected chi connectivity index (χ3v) is 8.86. The van der Waals surface area contributed by atoms with Crippen molar-refractivity contribution in [2.24, 2.45) is 0 Å². The Bertz CT molecular complexity index is 913. The number of halogens is 6. The zero-order valence-corrected chi connectivity index (χ0v) is 20.6. The van der Waals surface area contributed by atoms with Gasteiger partial charge in [-0.25, -0.2) is 16.8 Å². The summed E-state index contributed by atoms with van der Waals surface area (Å²) in [4.78, 5) is 0. The van der Waals surface area contributed by atoms with E-state index in [1.54, 1.807) is 0 Å². The molecule has 0 amide bonds. The molecule has 0 saturated carbocycles. The fourth-order valence-corrected chi connectivity index (χ4v) is 7.63. The Morgan fingerprint density at radius 3 is 1.10 bits per heavy atom. The van der Waals surface area contributed by atoms with Gasteiger partial charge in [0.05, 0.1) is 0 Å². The van der Waals surface area contributed by atoms with Gasteiger partial charge in [-0.3, -0.25) is 0 Å². The van der Waals surface area contributed by atoms with E-state index in [0.717, 1.165) is 0 Å². The van der Waals surface area contributed by atoms with Crippen LogP contribution in [-0.2, 0) is 43.5 Å². The molecule has 2 aliphatic rings. The van der Waals surface area contributed by atoms with Crippen molar-refractivity contribution in [3.63, 3.8) is 0 Å². The molecular formula is C16H18F6O6S2Zr. The first kappa shape index (κ1) is 30.2. The quantitative estimate of drug-likeness (QED) is 0.271. The van der Waals surface area contributed by atoms with Gasteiger partial charge in [0.25, 0.3) is 0 Å². The molecule has 0 aromatic heterocycles. The molecule has 0 aliphatic heterocycles. The minimum absolute atomic E-state index is 0.410. The normalized spacial score (nSPS) is 25.5. The van der Waals surface area contributed by atoms with Crippen LogP contribution in [0.15, 0.2) is 47.6 Å². The Balaban J connectivity index is 0.000000483. The average Bonchev–Trinajstić information content (AvgIpc) is 2.97. The van der Waals surface area contributed by atoms with Crippen LogP contribution in [-0.4, -0.2) is 37.0 Å².